The van der Waals surface area contributed by atoms with Gasteiger partial charge in [0.2, 0.25) is 0 Å². The Morgan fingerprint density at radius 1 is 0.250 bits per heavy atom. The molecule has 0 amide bonds. The first-order valence-corrected chi connectivity index (χ1v) is 23.2. The van der Waals surface area contributed by atoms with Crippen molar-refractivity contribution in [1.29, 1.82) is 0 Å². The van der Waals surface area contributed by atoms with Gasteiger partial charge in [-0.1, -0.05) is 97.1 Å². The number of hydrogen-bond donors (Lipinski definition) is 8. The van der Waals surface area contributed by atoms with Crippen LogP contribution in [0.5, 0.6) is 46.0 Å². The summed E-state index contributed by atoms with van der Waals surface area (Å²) in [7, 11) is 0. The van der Waals surface area contributed by atoms with Crippen molar-refractivity contribution in [3.8, 4) is 46.0 Å². The van der Waals surface area contributed by atoms with Gasteiger partial charge in [0.05, 0.1) is 0 Å². The Morgan fingerprint density at radius 2 is 0.515 bits per heavy atom. The van der Waals surface area contributed by atoms with E-state index in [-0.39, 0.29) is 69.7 Å². The van der Waals surface area contributed by atoms with Crippen molar-refractivity contribution < 1.29 is 40.9 Å². The molecule has 0 saturated heterocycles. The molecular weight excluding hydrogens is 849 g/mol. The smallest absolute Gasteiger partial charge is 0.115 e. The Kier molecular flexibility index (Phi) is 16.7. The third-order valence-corrected chi connectivity index (χ3v) is 12.8. The minimum atomic E-state index is 0.127. The summed E-state index contributed by atoms with van der Waals surface area (Å²) >= 11 is 0. The number of phenols is 8. The van der Waals surface area contributed by atoms with E-state index in [1.807, 2.05) is 109 Å². The summed E-state index contributed by atoms with van der Waals surface area (Å²) in [5.41, 5.74) is 8.77. The highest BCUT2D eigenvalue weighted by atomic mass is 16.3. The van der Waals surface area contributed by atoms with Gasteiger partial charge in [0.15, 0.2) is 0 Å². The molecular formula is C60H60O8. The van der Waals surface area contributed by atoms with E-state index < -0.39 is 0 Å². The van der Waals surface area contributed by atoms with Crippen LogP contribution < -0.4 is 0 Å². The summed E-state index contributed by atoms with van der Waals surface area (Å²) < 4.78 is 0. The summed E-state index contributed by atoms with van der Waals surface area (Å²) in [6, 6.07) is 58.9. The van der Waals surface area contributed by atoms with Crippen molar-refractivity contribution >= 4 is 0 Å². The van der Waals surface area contributed by atoms with Gasteiger partial charge in [-0.2, -0.15) is 0 Å². The molecule has 0 bridgehead atoms. The van der Waals surface area contributed by atoms with Gasteiger partial charge < -0.3 is 40.9 Å². The molecule has 0 aromatic heterocycles. The van der Waals surface area contributed by atoms with E-state index in [4.69, 9.17) is 0 Å². The van der Waals surface area contributed by atoms with E-state index in [1.165, 1.54) is 0 Å². The molecule has 348 valence electrons. The van der Waals surface area contributed by atoms with Crippen molar-refractivity contribution in [3.63, 3.8) is 0 Å². The van der Waals surface area contributed by atoms with Crippen LogP contribution in [-0.4, -0.2) is 40.9 Å². The van der Waals surface area contributed by atoms with Gasteiger partial charge in [0, 0.05) is 0 Å². The fourth-order valence-corrected chi connectivity index (χ4v) is 9.32. The predicted octanol–water partition coefficient (Wildman–Crippen LogP) is 12.7. The van der Waals surface area contributed by atoms with E-state index in [1.54, 1.807) is 84.9 Å². The number of aromatic hydroxyl groups is 8. The zero-order chi connectivity index (χ0) is 47.8. The summed E-state index contributed by atoms with van der Waals surface area (Å²) in [6.07, 6.45) is 6.50. The van der Waals surface area contributed by atoms with Gasteiger partial charge in [-0.15, -0.1) is 0 Å². The van der Waals surface area contributed by atoms with Crippen molar-refractivity contribution in [2.75, 3.05) is 0 Å². The number of rotatable bonds is 18. The quantitative estimate of drug-likeness (QED) is 0.0422. The van der Waals surface area contributed by atoms with Crippen LogP contribution in [0.2, 0.25) is 0 Å². The first-order chi connectivity index (χ1) is 32.9. The van der Waals surface area contributed by atoms with Gasteiger partial charge >= 0.3 is 0 Å². The van der Waals surface area contributed by atoms with Crippen LogP contribution in [0.15, 0.2) is 194 Å². The minimum Gasteiger partial charge on any atom is -0.508 e. The van der Waals surface area contributed by atoms with E-state index in [2.05, 4.69) is 0 Å². The van der Waals surface area contributed by atoms with E-state index in [0.717, 1.165) is 95.9 Å². The molecule has 8 rings (SSSR count). The van der Waals surface area contributed by atoms with Crippen molar-refractivity contribution in [3.05, 3.63) is 239 Å². The van der Waals surface area contributed by atoms with Gasteiger partial charge in [-0.25, -0.2) is 0 Å². The van der Waals surface area contributed by atoms with Gasteiger partial charge in [0.1, 0.15) is 46.0 Å². The highest BCUT2D eigenvalue weighted by Gasteiger charge is 2.26. The van der Waals surface area contributed by atoms with Crippen LogP contribution in [0.3, 0.4) is 0 Å². The first-order valence-electron chi connectivity index (χ1n) is 23.2. The van der Waals surface area contributed by atoms with Crippen LogP contribution in [0.25, 0.3) is 0 Å². The topological polar surface area (TPSA) is 162 Å². The molecule has 8 heteroatoms. The molecule has 0 fully saturated rings. The number of phenolic OH excluding ortho intramolecular Hbond substituents is 8. The molecule has 8 aromatic rings. The van der Waals surface area contributed by atoms with E-state index in [9.17, 15) is 40.9 Å². The van der Waals surface area contributed by atoms with Gasteiger partial charge in [0.25, 0.3) is 0 Å². The molecule has 4 atom stereocenters. The summed E-state index contributed by atoms with van der Waals surface area (Å²) in [5, 5.41) is 79.1. The molecule has 68 heavy (non-hydrogen) atoms. The minimum absolute atomic E-state index is 0.127. The molecule has 0 unspecified atom stereocenters. The zero-order valence-corrected chi connectivity index (χ0v) is 38.0. The van der Waals surface area contributed by atoms with Crippen LogP contribution >= 0.6 is 0 Å². The fraction of sp³-hybridized carbons (Fsp3) is 0.200. The van der Waals surface area contributed by atoms with E-state index >= 15 is 0 Å². The van der Waals surface area contributed by atoms with E-state index in [0.29, 0.717) is 0 Å². The fourth-order valence-electron chi connectivity index (χ4n) is 9.32. The number of hydrogen-bond acceptors (Lipinski definition) is 8. The second-order valence-electron chi connectivity index (χ2n) is 17.8. The van der Waals surface area contributed by atoms with Gasteiger partial charge in [-0.3, -0.25) is 0 Å². The van der Waals surface area contributed by atoms with Crippen molar-refractivity contribution in [2.45, 2.75) is 63.2 Å². The lowest BCUT2D eigenvalue weighted by Gasteiger charge is -2.29. The van der Waals surface area contributed by atoms with Crippen LogP contribution in [0, 0.1) is 11.8 Å². The maximum Gasteiger partial charge on any atom is 0.115 e. The highest BCUT2D eigenvalue weighted by Crippen LogP contribution is 2.38. The predicted molar refractivity (Wildman–Crippen MR) is 269 cm³/mol. The molecule has 0 aliphatic rings. The largest absolute Gasteiger partial charge is 0.508 e. The number of aryl methyl sites for hydroxylation is 2. The summed E-state index contributed by atoms with van der Waals surface area (Å²) in [6.45, 7) is 0. The Bertz CT molecular complexity index is 2590. The lowest BCUT2D eigenvalue weighted by atomic mass is 9.76. The molecule has 8 N–H and O–H groups in total. The molecule has 0 radical (unpaired) electrons. The maximum atomic E-state index is 10.0. The lowest BCUT2D eigenvalue weighted by Crippen LogP contribution is -2.19. The second-order valence-corrected chi connectivity index (χ2v) is 17.8. The van der Waals surface area contributed by atoms with Crippen molar-refractivity contribution in [2.24, 2.45) is 11.8 Å². The molecule has 0 aliphatic carbocycles. The second kappa shape index (κ2) is 23.6. The highest BCUT2D eigenvalue weighted by molar-refractivity contribution is 5.37. The average Bonchev–Trinajstić information content (AvgIpc) is 3.32. The Hall–Kier alpha value is -7.84. The molecule has 0 aliphatic heterocycles. The summed E-state index contributed by atoms with van der Waals surface area (Å²) in [5.74, 6) is 2.67. The molecule has 0 saturated carbocycles. The third kappa shape index (κ3) is 14.6. The third-order valence-electron chi connectivity index (χ3n) is 12.8. The van der Waals surface area contributed by atoms with Crippen LogP contribution in [0.4, 0.5) is 0 Å². The molecule has 8 nitrogen and oxygen atoms in total. The van der Waals surface area contributed by atoms with Crippen molar-refractivity contribution in [1.82, 2.24) is 0 Å². The standard InChI is InChI=1S/2C30H30O4/c2*31-26-13-8-21(9-14-26)7-10-25(17-22-3-1-5-28(33)18-22)30(24-11-15-27(32)16-12-24)20-23-4-2-6-29(34)19-23/h2*1-6,8-9,11-16,18-19,25,30-34H,7,10,17,20H2/t2*25-,30+/m10/s1. The Balaban J connectivity index is 0.000000201. The Labute approximate surface area is 399 Å². The zero-order valence-electron chi connectivity index (χ0n) is 38.0. The van der Waals surface area contributed by atoms with Crippen LogP contribution in [-0.2, 0) is 38.5 Å². The van der Waals surface area contributed by atoms with Crippen LogP contribution in [0.1, 0.15) is 69.2 Å². The lowest BCUT2D eigenvalue weighted by molar-refractivity contribution is 0.387. The first kappa shape index (κ1) is 48.1. The number of benzene rings is 8. The molecule has 8 aromatic carbocycles. The monoisotopic (exact) mass is 908 g/mol. The average molecular weight is 909 g/mol. The SMILES string of the molecule is Oc1ccc(CC[C@@H](Cc2cccc(O)c2)[C@H](Cc2cccc(O)c2)c2ccc(O)cc2)cc1.Oc1ccc(CC[C@H](Cc2cccc(O)c2)[C@@H](Cc2cccc(O)c2)c2ccc(O)cc2)cc1. The van der Waals surface area contributed by atoms with Gasteiger partial charge in [-0.05, 0) is 217 Å². The summed E-state index contributed by atoms with van der Waals surface area (Å²) in [4.78, 5) is 0. The maximum absolute atomic E-state index is 10.0. The molecule has 0 heterocycles. The normalized spacial score (nSPS) is 12.8. The Morgan fingerprint density at radius 3 is 0.794 bits per heavy atom. The molecule has 0 spiro atoms.